The fourth-order valence-electron chi connectivity index (χ4n) is 2.16. The van der Waals surface area contributed by atoms with E-state index in [9.17, 15) is 9.59 Å². The number of Topliss-reactive ketones (excluding diaryl/α,β-unsaturated/α-hetero) is 1. The predicted molar refractivity (Wildman–Crippen MR) is 121 cm³/mol. The molecule has 2 rings (SSSR count). The first-order chi connectivity index (χ1) is 13.3. The van der Waals surface area contributed by atoms with E-state index >= 15 is 0 Å². The second-order valence-electron chi connectivity index (χ2n) is 5.70. The first-order valence-corrected chi connectivity index (χ1v) is 9.84. The summed E-state index contributed by atoms with van der Waals surface area (Å²) in [7, 11) is 0. The summed E-state index contributed by atoms with van der Waals surface area (Å²) in [5.74, 6) is -0.779. The van der Waals surface area contributed by atoms with Crippen LogP contribution in [0.1, 0.15) is 12.8 Å². The number of thiol groups is 1. The molecule has 2 aromatic carbocycles. The minimum atomic E-state index is -0.517. The summed E-state index contributed by atoms with van der Waals surface area (Å²) >= 11 is 21.3. The predicted octanol–water partition coefficient (Wildman–Crippen LogP) is 4.03. The monoisotopic (exact) mass is 456 g/mol. The van der Waals surface area contributed by atoms with Gasteiger partial charge in [0.1, 0.15) is 5.78 Å². The lowest BCUT2D eigenvalue weighted by molar-refractivity contribution is -0.128. The SMILES string of the molecule is O=C(CC(=O)NNC(=S)Nc1ccc(Cl)cc1Cl)CC(S)Nc1ccccc1. The van der Waals surface area contributed by atoms with Gasteiger partial charge in [0.25, 0.3) is 0 Å². The lowest BCUT2D eigenvalue weighted by Crippen LogP contribution is -2.44. The van der Waals surface area contributed by atoms with Crippen molar-refractivity contribution in [3.8, 4) is 0 Å². The smallest absolute Gasteiger partial charge is 0.245 e. The zero-order valence-corrected chi connectivity index (χ0v) is 17.8. The topological polar surface area (TPSA) is 82.3 Å². The second-order valence-corrected chi connectivity index (χ2v) is 7.57. The van der Waals surface area contributed by atoms with Gasteiger partial charge >= 0.3 is 0 Å². The number of halogens is 2. The molecule has 0 spiro atoms. The van der Waals surface area contributed by atoms with Crippen LogP contribution in [0.2, 0.25) is 10.0 Å². The van der Waals surface area contributed by atoms with Crippen LogP contribution >= 0.6 is 48.0 Å². The standard InChI is InChI=1S/C18H18Cl2N4O2S2/c19-11-6-7-15(14(20)8-11)22-18(28)24-23-16(26)9-13(25)10-17(27)21-12-4-2-1-3-5-12/h1-8,17,21,27H,9-10H2,(H,23,26)(H2,22,24,28). The van der Waals surface area contributed by atoms with Gasteiger partial charge in [-0.15, -0.1) is 0 Å². The van der Waals surface area contributed by atoms with Crippen LogP contribution in [-0.2, 0) is 9.59 Å². The van der Waals surface area contributed by atoms with E-state index < -0.39 is 11.3 Å². The summed E-state index contributed by atoms with van der Waals surface area (Å²) in [6, 6.07) is 14.2. The summed E-state index contributed by atoms with van der Waals surface area (Å²) < 4.78 is 0. The Bertz CT molecular complexity index is 853. The third-order valence-electron chi connectivity index (χ3n) is 3.38. The Morgan fingerprint density at radius 2 is 1.79 bits per heavy atom. The Morgan fingerprint density at radius 3 is 2.46 bits per heavy atom. The van der Waals surface area contributed by atoms with Crippen molar-refractivity contribution in [2.45, 2.75) is 18.2 Å². The molecule has 0 aliphatic heterocycles. The molecule has 10 heteroatoms. The van der Waals surface area contributed by atoms with Gasteiger partial charge in [0, 0.05) is 17.1 Å². The summed E-state index contributed by atoms with van der Waals surface area (Å²) in [6.07, 6.45) is -0.209. The van der Waals surface area contributed by atoms with Crippen LogP contribution in [-0.4, -0.2) is 22.2 Å². The molecule has 0 fully saturated rings. The van der Waals surface area contributed by atoms with Gasteiger partial charge in [0.05, 0.1) is 22.5 Å². The van der Waals surface area contributed by atoms with Crippen molar-refractivity contribution in [3.63, 3.8) is 0 Å². The van der Waals surface area contributed by atoms with Crippen molar-refractivity contribution >= 4 is 76.2 Å². The van der Waals surface area contributed by atoms with E-state index in [4.69, 9.17) is 35.4 Å². The molecule has 0 aliphatic carbocycles. The average Bonchev–Trinajstić information content (AvgIpc) is 2.63. The third-order valence-corrected chi connectivity index (χ3v) is 4.44. The highest BCUT2D eigenvalue weighted by Gasteiger charge is 2.14. The molecule has 1 unspecified atom stereocenters. The van der Waals surface area contributed by atoms with Gasteiger partial charge in [-0.2, -0.15) is 12.6 Å². The van der Waals surface area contributed by atoms with Gasteiger partial charge in [0.15, 0.2) is 5.11 Å². The quantitative estimate of drug-likeness (QED) is 0.142. The van der Waals surface area contributed by atoms with Crippen LogP contribution < -0.4 is 21.5 Å². The van der Waals surface area contributed by atoms with Crippen LogP contribution in [0.3, 0.4) is 0 Å². The van der Waals surface area contributed by atoms with Crippen molar-refractivity contribution in [2.24, 2.45) is 0 Å². The van der Waals surface area contributed by atoms with Crippen molar-refractivity contribution in [2.75, 3.05) is 10.6 Å². The first-order valence-electron chi connectivity index (χ1n) is 8.15. The average molecular weight is 457 g/mol. The number of anilines is 2. The molecule has 148 valence electrons. The summed E-state index contributed by atoms with van der Waals surface area (Å²) in [4.78, 5) is 23.9. The molecular formula is C18H18Cl2N4O2S2. The van der Waals surface area contributed by atoms with Crippen molar-refractivity contribution in [3.05, 3.63) is 58.6 Å². The van der Waals surface area contributed by atoms with Crippen LogP contribution in [0.25, 0.3) is 0 Å². The Kier molecular flexibility index (Phi) is 8.85. The van der Waals surface area contributed by atoms with Crippen molar-refractivity contribution < 1.29 is 9.59 Å². The number of amides is 1. The molecule has 0 saturated carbocycles. The molecule has 0 bridgehead atoms. The Labute approximate surface area is 183 Å². The molecule has 6 nitrogen and oxygen atoms in total. The maximum absolute atomic E-state index is 12.0. The highest BCUT2D eigenvalue weighted by Crippen LogP contribution is 2.25. The van der Waals surface area contributed by atoms with E-state index in [-0.39, 0.29) is 23.7 Å². The number of para-hydroxylation sites is 1. The van der Waals surface area contributed by atoms with E-state index in [1.807, 2.05) is 30.3 Å². The van der Waals surface area contributed by atoms with E-state index in [1.54, 1.807) is 18.2 Å². The van der Waals surface area contributed by atoms with E-state index in [1.165, 1.54) is 0 Å². The summed E-state index contributed by atoms with van der Waals surface area (Å²) in [5, 5.41) is 6.48. The zero-order valence-electron chi connectivity index (χ0n) is 14.5. The number of ketones is 1. The Balaban J connectivity index is 1.70. The molecule has 1 atom stereocenters. The molecule has 1 amide bonds. The van der Waals surface area contributed by atoms with E-state index in [0.29, 0.717) is 15.7 Å². The number of thiocarbonyl (C=S) groups is 1. The van der Waals surface area contributed by atoms with Gasteiger partial charge in [0.2, 0.25) is 5.91 Å². The van der Waals surface area contributed by atoms with Gasteiger partial charge in [-0.25, -0.2) is 0 Å². The molecule has 0 aliphatic rings. The molecular weight excluding hydrogens is 439 g/mol. The van der Waals surface area contributed by atoms with Crippen molar-refractivity contribution in [1.82, 2.24) is 10.9 Å². The molecule has 28 heavy (non-hydrogen) atoms. The molecule has 2 aromatic rings. The molecule has 0 radical (unpaired) electrons. The number of carbonyl (C=O) groups is 2. The van der Waals surface area contributed by atoms with Gasteiger partial charge < -0.3 is 10.6 Å². The van der Waals surface area contributed by atoms with E-state index in [0.717, 1.165) is 5.69 Å². The van der Waals surface area contributed by atoms with Crippen LogP contribution in [0.15, 0.2) is 48.5 Å². The lowest BCUT2D eigenvalue weighted by atomic mass is 10.2. The van der Waals surface area contributed by atoms with E-state index in [2.05, 4.69) is 34.1 Å². The maximum Gasteiger partial charge on any atom is 0.245 e. The Hall–Kier alpha value is -2.00. The minimum absolute atomic E-state index is 0.0918. The van der Waals surface area contributed by atoms with Gasteiger partial charge in [-0.1, -0.05) is 41.4 Å². The number of rotatable bonds is 7. The van der Waals surface area contributed by atoms with Crippen LogP contribution in [0.5, 0.6) is 0 Å². The summed E-state index contributed by atoms with van der Waals surface area (Å²) in [6.45, 7) is 0. The normalized spacial score (nSPS) is 11.2. The number of carbonyl (C=O) groups excluding carboxylic acids is 2. The fraction of sp³-hybridized carbons (Fsp3) is 0.167. The minimum Gasteiger partial charge on any atom is -0.373 e. The number of hydrogen-bond acceptors (Lipinski definition) is 5. The largest absolute Gasteiger partial charge is 0.373 e. The molecule has 0 saturated heterocycles. The van der Waals surface area contributed by atoms with Crippen LogP contribution in [0, 0.1) is 0 Å². The fourth-order valence-corrected chi connectivity index (χ4v) is 3.13. The second kappa shape index (κ2) is 11.1. The maximum atomic E-state index is 12.0. The number of benzene rings is 2. The Morgan fingerprint density at radius 1 is 1.07 bits per heavy atom. The van der Waals surface area contributed by atoms with Gasteiger partial charge in [-0.3, -0.25) is 20.4 Å². The highest BCUT2D eigenvalue weighted by atomic mass is 35.5. The number of nitrogens with one attached hydrogen (secondary N) is 4. The third kappa shape index (κ3) is 7.93. The lowest BCUT2D eigenvalue weighted by Gasteiger charge is -2.14. The van der Waals surface area contributed by atoms with Crippen LogP contribution in [0.4, 0.5) is 11.4 Å². The van der Waals surface area contributed by atoms with Gasteiger partial charge in [-0.05, 0) is 42.5 Å². The summed E-state index contributed by atoms with van der Waals surface area (Å²) in [5.41, 5.74) is 6.25. The number of hydrogen-bond donors (Lipinski definition) is 5. The molecule has 4 N–H and O–H groups in total. The zero-order chi connectivity index (χ0) is 20.5. The first kappa shape index (κ1) is 22.3. The molecule has 0 aromatic heterocycles. The molecule has 0 heterocycles. The highest BCUT2D eigenvalue weighted by molar-refractivity contribution is 7.81. The number of hydrazine groups is 1. The van der Waals surface area contributed by atoms with Crippen molar-refractivity contribution in [1.29, 1.82) is 0 Å².